The van der Waals surface area contributed by atoms with Gasteiger partial charge in [0.15, 0.2) is 0 Å². The fourth-order valence-corrected chi connectivity index (χ4v) is 7.11. The SMILES string of the molecule is C1CCCCCCCCC1.C1CCCCCCCCC1.C1CCCCCCCCC1.CO.CO.O=C(O)CCCCC(=O)O.O=C(O)c1ccc(C(=O)O)s1. The van der Waals surface area contributed by atoms with Crippen LogP contribution in [0.15, 0.2) is 12.1 Å². The molecule has 1 aromatic heterocycles. The number of aromatic carboxylic acids is 2. The lowest BCUT2D eigenvalue weighted by atomic mass is 10.0. The molecule has 3 fully saturated rings. The minimum Gasteiger partial charge on any atom is -0.481 e. The fourth-order valence-electron chi connectivity index (χ4n) is 6.42. The summed E-state index contributed by atoms with van der Waals surface area (Å²) in [5.41, 5.74) is 0. The van der Waals surface area contributed by atoms with Crippen LogP contribution in [0.1, 0.15) is 238 Å². The van der Waals surface area contributed by atoms with Crippen molar-refractivity contribution in [2.45, 2.75) is 218 Å². The third-order valence-corrected chi connectivity index (χ3v) is 10.6. The highest BCUT2D eigenvalue weighted by Gasteiger charge is 2.10. The molecule has 0 radical (unpaired) electrons. The number of carboxylic acid groups (broad SMARTS) is 4. The maximum atomic E-state index is 10.3. The second kappa shape index (κ2) is 47.7. The summed E-state index contributed by atoms with van der Waals surface area (Å²) in [4.78, 5) is 40.4. The standard InChI is InChI=1S/3C10H20.C6H4O4S.C6H10O4.2CH4O/c3*1-2-4-6-8-10-9-7-5-3-1;7-5(8)3-1-2-4(11-3)6(9)10;7-5(8)3-1-2-4-6(9)10;2*1-2/h3*1-10H2;1-2H,(H,7,8)(H,9,10);1-4H2,(H,7,8)(H,9,10);2*2H,1H3. The Bertz CT molecular complexity index is 790. The number of carbonyl (C=O) groups is 4. The molecule has 10 nitrogen and oxygen atoms in total. The van der Waals surface area contributed by atoms with Gasteiger partial charge in [-0.05, 0) is 25.0 Å². The molecule has 0 atom stereocenters. The van der Waals surface area contributed by atoms with E-state index in [9.17, 15) is 19.2 Å². The van der Waals surface area contributed by atoms with E-state index in [4.69, 9.17) is 30.6 Å². The minimum atomic E-state index is -1.09. The predicted octanol–water partition coefficient (Wildman–Crippen LogP) is 12.8. The van der Waals surface area contributed by atoms with Crippen molar-refractivity contribution in [3.63, 3.8) is 0 Å². The van der Waals surface area contributed by atoms with Crippen molar-refractivity contribution >= 4 is 35.2 Å². The predicted molar refractivity (Wildman–Crippen MR) is 227 cm³/mol. The number of carboxylic acids is 4. The molecule has 0 unspecified atom stereocenters. The molecule has 1 aromatic rings. The van der Waals surface area contributed by atoms with Gasteiger partial charge in [-0.25, -0.2) is 9.59 Å². The Balaban J connectivity index is -0.000000600. The summed E-state index contributed by atoms with van der Waals surface area (Å²) < 4.78 is 0. The van der Waals surface area contributed by atoms with Crippen LogP contribution in [0.25, 0.3) is 0 Å². The summed E-state index contributed by atoms with van der Waals surface area (Å²) in [6, 6.07) is 2.55. The summed E-state index contributed by atoms with van der Waals surface area (Å²) in [6.45, 7) is 0. The molecule has 6 N–H and O–H groups in total. The monoisotopic (exact) mass is 803 g/mol. The Morgan fingerprint density at radius 2 is 0.509 bits per heavy atom. The zero-order valence-electron chi connectivity index (χ0n) is 34.9. The van der Waals surface area contributed by atoms with Gasteiger partial charge >= 0.3 is 23.9 Å². The molecule has 11 heteroatoms. The van der Waals surface area contributed by atoms with Crippen molar-refractivity contribution in [3.05, 3.63) is 21.9 Å². The number of thiophene rings is 1. The molecule has 3 saturated carbocycles. The molecular formula is C44H82O10S. The van der Waals surface area contributed by atoms with Crippen LogP contribution in [0.3, 0.4) is 0 Å². The lowest BCUT2D eigenvalue weighted by Crippen LogP contribution is -1.97. The van der Waals surface area contributed by atoms with Gasteiger partial charge in [-0.15, -0.1) is 11.3 Å². The van der Waals surface area contributed by atoms with E-state index in [0.29, 0.717) is 12.8 Å². The van der Waals surface area contributed by atoms with Gasteiger partial charge < -0.3 is 30.6 Å². The molecule has 3 aliphatic rings. The van der Waals surface area contributed by atoms with E-state index in [1.165, 1.54) is 205 Å². The Morgan fingerprint density at radius 1 is 0.364 bits per heavy atom. The van der Waals surface area contributed by atoms with Crippen LogP contribution in [0, 0.1) is 0 Å². The van der Waals surface area contributed by atoms with Crippen LogP contribution in [-0.2, 0) is 9.59 Å². The van der Waals surface area contributed by atoms with Crippen LogP contribution in [0.4, 0.5) is 0 Å². The molecule has 324 valence electrons. The molecule has 55 heavy (non-hydrogen) atoms. The van der Waals surface area contributed by atoms with E-state index >= 15 is 0 Å². The maximum absolute atomic E-state index is 10.3. The molecule has 0 aliphatic heterocycles. The molecule has 3 aliphatic carbocycles. The molecule has 0 aromatic carbocycles. The first kappa shape index (κ1) is 56.8. The van der Waals surface area contributed by atoms with Gasteiger partial charge in [-0.3, -0.25) is 9.59 Å². The highest BCUT2D eigenvalue weighted by atomic mass is 32.1. The molecule has 0 spiro atoms. The molecular weight excluding hydrogens is 721 g/mol. The first-order valence-electron chi connectivity index (χ1n) is 21.6. The highest BCUT2D eigenvalue weighted by Crippen LogP contribution is 2.18. The quantitative estimate of drug-likeness (QED) is 0.145. The van der Waals surface area contributed by atoms with Crippen molar-refractivity contribution in [2.24, 2.45) is 0 Å². The van der Waals surface area contributed by atoms with Gasteiger partial charge in [0.05, 0.1) is 0 Å². The molecule has 1 heterocycles. The topological polar surface area (TPSA) is 190 Å². The van der Waals surface area contributed by atoms with Gasteiger partial charge in [0.1, 0.15) is 9.75 Å². The van der Waals surface area contributed by atoms with E-state index in [1.807, 2.05) is 0 Å². The summed E-state index contributed by atoms with van der Waals surface area (Å²) >= 11 is 0.750. The van der Waals surface area contributed by atoms with Crippen molar-refractivity contribution < 1.29 is 49.8 Å². The van der Waals surface area contributed by atoms with Crippen LogP contribution in [0.5, 0.6) is 0 Å². The molecule has 0 amide bonds. The number of rotatable bonds is 7. The molecule has 0 saturated heterocycles. The van der Waals surface area contributed by atoms with Gasteiger partial charge in [-0.1, -0.05) is 193 Å². The Kier molecular flexibility index (Phi) is 49.2. The van der Waals surface area contributed by atoms with Crippen molar-refractivity contribution in [1.29, 1.82) is 0 Å². The number of hydrogen-bond acceptors (Lipinski definition) is 7. The van der Waals surface area contributed by atoms with E-state index in [-0.39, 0.29) is 22.6 Å². The van der Waals surface area contributed by atoms with Gasteiger partial charge in [0, 0.05) is 27.1 Å². The van der Waals surface area contributed by atoms with Crippen molar-refractivity contribution in [3.8, 4) is 0 Å². The van der Waals surface area contributed by atoms with Crippen LogP contribution in [0.2, 0.25) is 0 Å². The van der Waals surface area contributed by atoms with Gasteiger partial charge in [0.2, 0.25) is 0 Å². The second-order valence-electron chi connectivity index (χ2n) is 14.4. The van der Waals surface area contributed by atoms with E-state index < -0.39 is 23.9 Å². The third kappa shape index (κ3) is 47.6. The largest absolute Gasteiger partial charge is 0.481 e. The first-order valence-corrected chi connectivity index (χ1v) is 22.4. The smallest absolute Gasteiger partial charge is 0.345 e. The molecule has 0 bridgehead atoms. The van der Waals surface area contributed by atoms with E-state index in [2.05, 4.69) is 0 Å². The van der Waals surface area contributed by atoms with Crippen LogP contribution >= 0.6 is 11.3 Å². The number of unbranched alkanes of at least 4 members (excludes halogenated alkanes) is 1. The van der Waals surface area contributed by atoms with Crippen molar-refractivity contribution in [2.75, 3.05) is 14.2 Å². The fraction of sp³-hybridized carbons (Fsp3) is 0.818. The number of aliphatic hydroxyl groups is 2. The zero-order valence-corrected chi connectivity index (χ0v) is 35.7. The van der Waals surface area contributed by atoms with Gasteiger partial charge in [0.25, 0.3) is 0 Å². The highest BCUT2D eigenvalue weighted by molar-refractivity contribution is 7.15. The number of aliphatic hydroxyl groups excluding tert-OH is 2. The summed E-state index contributed by atoms with van der Waals surface area (Å²) in [7, 11) is 2.00. The summed E-state index contributed by atoms with van der Waals surface area (Å²) in [5.74, 6) is -3.93. The van der Waals surface area contributed by atoms with E-state index in [1.54, 1.807) is 0 Å². The average Bonchev–Trinajstić information content (AvgIpc) is 3.72. The third-order valence-electron chi connectivity index (χ3n) is 9.56. The van der Waals surface area contributed by atoms with Crippen LogP contribution in [-0.4, -0.2) is 68.7 Å². The lowest BCUT2D eigenvalue weighted by molar-refractivity contribution is -0.139. The Labute approximate surface area is 338 Å². The normalized spacial score (nSPS) is 16.9. The van der Waals surface area contributed by atoms with E-state index in [0.717, 1.165) is 25.6 Å². The second-order valence-corrected chi connectivity index (χ2v) is 15.5. The summed E-state index contributed by atoms with van der Waals surface area (Å²) in [6.07, 6.45) is 46.0. The number of hydrogen-bond donors (Lipinski definition) is 6. The Morgan fingerprint density at radius 3 is 0.600 bits per heavy atom. The van der Waals surface area contributed by atoms with Crippen LogP contribution < -0.4 is 0 Å². The summed E-state index contributed by atoms with van der Waals surface area (Å²) in [5, 5.41) is 47.1. The minimum absolute atomic E-state index is 0.0439. The molecule has 4 rings (SSSR count). The van der Waals surface area contributed by atoms with Gasteiger partial charge in [-0.2, -0.15) is 0 Å². The average molecular weight is 803 g/mol. The van der Waals surface area contributed by atoms with Crippen molar-refractivity contribution in [1.82, 2.24) is 0 Å². The first-order chi connectivity index (χ1) is 26.7. The Hall–Kier alpha value is -2.50. The maximum Gasteiger partial charge on any atom is 0.345 e. The zero-order chi connectivity index (χ0) is 41.6. The number of aliphatic carboxylic acids is 2. The lowest BCUT2D eigenvalue weighted by Gasteiger charge is -2.05.